The third-order valence-corrected chi connectivity index (χ3v) is 7.52. The Balaban J connectivity index is 1.71. The predicted molar refractivity (Wildman–Crippen MR) is 134 cm³/mol. The molecule has 36 heavy (non-hydrogen) atoms. The van der Waals surface area contributed by atoms with Crippen LogP contribution in [0.25, 0.3) is 32.8 Å². The number of ether oxygens (including phenoxy) is 2. The maximum atomic E-state index is 16.1. The van der Waals surface area contributed by atoms with Gasteiger partial charge in [0.25, 0.3) is 0 Å². The highest BCUT2D eigenvalue weighted by Gasteiger charge is 2.29. The van der Waals surface area contributed by atoms with Crippen molar-refractivity contribution in [2.45, 2.75) is 6.10 Å². The van der Waals surface area contributed by atoms with E-state index in [0.717, 1.165) is 9.87 Å². The van der Waals surface area contributed by atoms with Crippen LogP contribution in [-0.4, -0.2) is 62.7 Å². The van der Waals surface area contributed by atoms with E-state index in [1.54, 1.807) is 48.5 Å². The Kier molecular flexibility index (Phi) is 6.43. The molecule has 2 aromatic heterocycles. The Labute approximate surface area is 206 Å². The molecule has 1 N–H and O–H groups in total. The van der Waals surface area contributed by atoms with Crippen LogP contribution < -0.4 is 14.5 Å². The fraction of sp³-hybridized carbons (Fsp3) is 0.292. The molecule has 0 saturated carbocycles. The Morgan fingerprint density at radius 1 is 1.19 bits per heavy atom. The second-order valence-electron chi connectivity index (χ2n) is 8.39. The normalized spacial score (nSPS) is 16.5. The van der Waals surface area contributed by atoms with E-state index in [4.69, 9.17) is 9.47 Å². The maximum absolute atomic E-state index is 16.1. The fourth-order valence-electron chi connectivity index (χ4n) is 4.23. The van der Waals surface area contributed by atoms with Gasteiger partial charge in [0, 0.05) is 43.0 Å². The summed E-state index contributed by atoms with van der Waals surface area (Å²) in [6.07, 6.45) is 4.45. The summed E-state index contributed by atoms with van der Waals surface area (Å²) >= 11 is 0. The highest BCUT2D eigenvalue weighted by Crippen LogP contribution is 2.29. The van der Waals surface area contributed by atoms with E-state index in [1.165, 1.54) is 19.2 Å². The summed E-state index contributed by atoms with van der Waals surface area (Å²) < 4.78 is 57.5. The molecule has 3 heterocycles. The molecular formula is C24H24FN5O5S. The summed E-state index contributed by atoms with van der Waals surface area (Å²) in [6, 6.07) is 7.74. The first-order valence-electron chi connectivity index (χ1n) is 11.2. The summed E-state index contributed by atoms with van der Waals surface area (Å²) in [5, 5.41) is 4.44. The molecule has 12 heteroatoms. The molecule has 1 unspecified atom stereocenters. The number of fused-ring (bicyclic) bond motifs is 2. The van der Waals surface area contributed by atoms with Crippen molar-refractivity contribution < 1.29 is 22.3 Å². The summed E-state index contributed by atoms with van der Waals surface area (Å²) in [5.74, 6) is -0.947. The molecule has 0 amide bonds. The van der Waals surface area contributed by atoms with Gasteiger partial charge in [0.15, 0.2) is 11.2 Å². The van der Waals surface area contributed by atoms with Gasteiger partial charge in [-0.2, -0.15) is 13.5 Å². The lowest BCUT2D eigenvalue weighted by Crippen LogP contribution is -2.47. The van der Waals surface area contributed by atoms with Crippen LogP contribution in [0.15, 0.2) is 53.7 Å². The predicted octanol–water partition coefficient (Wildman–Crippen LogP) is 1.97. The molecule has 4 aromatic rings. The Hall–Kier alpha value is -3.45. The monoisotopic (exact) mass is 513 g/mol. The second kappa shape index (κ2) is 9.54. The minimum atomic E-state index is -4.13. The van der Waals surface area contributed by atoms with Crippen LogP contribution in [0.1, 0.15) is 0 Å². The van der Waals surface area contributed by atoms with E-state index in [-0.39, 0.29) is 29.6 Å². The molecule has 5 rings (SSSR count). The zero-order chi connectivity index (χ0) is 25.4. The van der Waals surface area contributed by atoms with Gasteiger partial charge in [-0.15, -0.1) is 0 Å². The van der Waals surface area contributed by atoms with Crippen molar-refractivity contribution in [3.63, 3.8) is 0 Å². The number of pyridine rings is 1. The largest absolute Gasteiger partial charge is 0.376 e. The number of nitrogens with zero attached hydrogens (tertiary/aromatic N) is 4. The van der Waals surface area contributed by atoms with Gasteiger partial charge in [-0.05, 0) is 23.6 Å². The number of aryl methyl sites for hydroxylation is 1. The minimum absolute atomic E-state index is 0.167. The average Bonchev–Trinajstić information content (AvgIpc) is 3.26. The number of rotatable bonds is 6. The van der Waals surface area contributed by atoms with E-state index < -0.39 is 27.6 Å². The standard InChI is InChI=1S/C24H24FN5O5S/c1-26-36(32,33)30(13-18-14-34-7-8-35-18)21-6-4-15-3-5-20-19(24(31)22(15)23(21)25)9-16(10-27-20)17-11-28-29(2)12-17/h3-6,9-12,18,26H,7-8,13-14H2,1-2H3. The van der Waals surface area contributed by atoms with Crippen molar-refractivity contribution in [1.82, 2.24) is 19.5 Å². The van der Waals surface area contributed by atoms with Crippen molar-refractivity contribution in [1.29, 1.82) is 0 Å². The zero-order valence-electron chi connectivity index (χ0n) is 19.6. The van der Waals surface area contributed by atoms with Crippen molar-refractivity contribution in [2.24, 2.45) is 7.05 Å². The van der Waals surface area contributed by atoms with E-state index >= 15 is 4.39 Å². The number of benzene rings is 1. The van der Waals surface area contributed by atoms with E-state index in [2.05, 4.69) is 14.8 Å². The summed E-state index contributed by atoms with van der Waals surface area (Å²) in [4.78, 5) is 18.1. The lowest BCUT2D eigenvalue weighted by molar-refractivity contribution is -0.0830. The Bertz CT molecular complexity index is 1620. The Morgan fingerprint density at radius 2 is 2.00 bits per heavy atom. The molecule has 0 aliphatic carbocycles. The van der Waals surface area contributed by atoms with Gasteiger partial charge >= 0.3 is 10.2 Å². The third-order valence-electron chi connectivity index (χ3n) is 6.07. The molecule has 1 aliphatic heterocycles. The van der Waals surface area contributed by atoms with Gasteiger partial charge in [-0.25, -0.2) is 9.11 Å². The fourth-order valence-corrected chi connectivity index (χ4v) is 5.21. The SMILES string of the molecule is CNS(=O)(=O)N(CC1COCCO1)c1ccc2ccc3ncc(-c4cnn(C)c4)cc3c(=O)c2c1F. The average molecular weight is 514 g/mol. The van der Waals surface area contributed by atoms with Crippen LogP contribution in [0.3, 0.4) is 0 Å². The molecule has 0 radical (unpaired) electrons. The zero-order valence-corrected chi connectivity index (χ0v) is 20.5. The number of hydrogen-bond donors (Lipinski definition) is 1. The first-order valence-corrected chi connectivity index (χ1v) is 12.7. The number of anilines is 1. The van der Waals surface area contributed by atoms with Crippen LogP contribution in [0.5, 0.6) is 0 Å². The molecule has 0 spiro atoms. The van der Waals surface area contributed by atoms with Crippen LogP contribution in [0, 0.1) is 5.82 Å². The second-order valence-corrected chi connectivity index (χ2v) is 10.2. The van der Waals surface area contributed by atoms with E-state index in [9.17, 15) is 13.2 Å². The number of hydrogen-bond acceptors (Lipinski definition) is 7. The maximum Gasteiger partial charge on any atom is 0.301 e. The smallest absolute Gasteiger partial charge is 0.301 e. The first-order chi connectivity index (χ1) is 17.3. The van der Waals surface area contributed by atoms with Gasteiger partial charge in [-0.3, -0.25) is 18.8 Å². The number of nitrogens with one attached hydrogen (secondary N) is 1. The lowest BCUT2D eigenvalue weighted by Gasteiger charge is -2.30. The van der Waals surface area contributed by atoms with Gasteiger partial charge in [0.1, 0.15) is 0 Å². The molecule has 1 fully saturated rings. The van der Waals surface area contributed by atoms with Crippen molar-refractivity contribution in [2.75, 3.05) is 37.7 Å². The highest BCUT2D eigenvalue weighted by atomic mass is 32.2. The van der Waals surface area contributed by atoms with Gasteiger partial charge in [0.2, 0.25) is 0 Å². The molecule has 188 valence electrons. The number of aromatic nitrogens is 3. The van der Waals surface area contributed by atoms with Crippen LogP contribution >= 0.6 is 0 Å². The minimum Gasteiger partial charge on any atom is -0.376 e. The number of halogens is 1. The quantitative estimate of drug-likeness (QED) is 0.419. The molecule has 1 aliphatic rings. The van der Waals surface area contributed by atoms with Gasteiger partial charge in [-0.1, -0.05) is 12.1 Å². The Morgan fingerprint density at radius 3 is 2.69 bits per heavy atom. The first kappa shape index (κ1) is 24.3. The molecular weight excluding hydrogens is 489 g/mol. The van der Waals surface area contributed by atoms with Crippen molar-refractivity contribution >= 4 is 37.6 Å². The van der Waals surface area contributed by atoms with E-state index in [1.807, 2.05) is 0 Å². The van der Waals surface area contributed by atoms with Crippen LogP contribution in [-0.2, 0) is 26.7 Å². The van der Waals surface area contributed by atoms with Crippen molar-refractivity contribution in [3.05, 3.63) is 65.0 Å². The summed E-state index contributed by atoms with van der Waals surface area (Å²) in [5.41, 5.74) is 0.930. The van der Waals surface area contributed by atoms with Gasteiger partial charge in [0.05, 0.1) is 55.3 Å². The van der Waals surface area contributed by atoms with E-state index in [0.29, 0.717) is 29.7 Å². The van der Waals surface area contributed by atoms with Crippen molar-refractivity contribution in [3.8, 4) is 11.1 Å². The summed E-state index contributed by atoms with van der Waals surface area (Å²) in [6.45, 7) is 0.682. The third kappa shape index (κ3) is 4.44. The molecule has 1 saturated heterocycles. The summed E-state index contributed by atoms with van der Waals surface area (Å²) in [7, 11) is -1.12. The topological polar surface area (TPSA) is 116 Å². The van der Waals surface area contributed by atoms with Crippen LogP contribution in [0.2, 0.25) is 0 Å². The molecule has 2 aromatic carbocycles. The van der Waals surface area contributed by atoms with Crippen LogP contribution in [0.4, 0.5) is 10.1 Å². The molecule has 0 bridgehead atoms. The molecule has 1 atom stereocenters. The van der Waals surface area contributed by atoms with Gasteiger partial charge < -0.3 is 9.47 Å². The lowest BCUT2D eigenvalue weighted by atomic mass is 10.1. The highest BCUT2D eigenvalue weighted by molar-refractivity contribution is 7.90. The molecule has 10 nitrogen and oxygen atoms in total.